The molecule has 6 aromatic carbocycles. The molecule has 260 valence electrons. The predicted octanol–water partition coefficient (Wildman–Crippen LogP) is 9.80. The summed E-state index contributed by atoms with van der Waals surface area (Å²) >= 11 is -0.346. The van der Waals surface area contributed by atoms with Crippen molar-refractivity contribution in [2.75, 3.05) is 0 Å². The number of hydrogen-bond acceptors (Lipinski definition) is 0. The van der Waals surface area contributed by atoms with E-state index in [0.717, 1.165) is 25.9 Å². The molecule has 0 aliphatic heterocycles. The van der Waals surface area contributed by atoms with Crippen LogP contribution in [-0.2, 0) is 28.2 Å². The zero-order valence-electron chi connectivity index (χ0n) is 28.6. The Bertz CT molecular complexity index is 1670. The minimum atomic E-state index is -1.16. The third-order valence-electron chi connectivity index (χ3n) is 9.51. The van der Waals surface area contributed by atoms with Gasteiger partial charge < -0.3 is 10.6 Å². The van der Waals surface area contributed by atoms with Crippen molar-refractivity contribution in [3.8, 4) is 0 Å². The van der Waals surface area contributed by atoms with E-state index in [1.165, 1.54) is 55.8 Å². The Kier molecular flexibility index (Phi) is 15.3. The van der Waals surface area contributed by atoms with E-state index in [-0.39, 0.29) is 27.2 Å². The summed E-state index contributed by atoms with van der Waals surface area (Å²) < 4.78 is 0. The molecular formula is C44H44Cl2N2P2Ru+2. The standard InChI is InChI=1S/C44H42N2P2.2ClH.Ru/c1-5-21-37(22-6-1)47(38-23-7-2-8-24-38)43-31-17-13-19-35(43)33-45-41-29-15-16-30-42(41)46-34-36-20-14-18-32-44(36)48(39-25-9-3-10-26-39)40-27-11-4-12-28-40;;;/h1-14,17-28,31-32,41-42H,15-16,29-30,33-34H2;2*1H;/q-2;;;+4/t41-,42-;;;/m1.../s1. The van der Waals surface area contributed by atoms with Crippen molar-refractivity contribution < 1.29 is 15.1 Å². The fourth-order valence-electron chi connectivity index (χ4n) is 7.13. The van der Waals surface area contributed by atoms with Crippen LogP contribution in [0.5, 0.6) is 0 Å². The van der Waals surface area contributed by atoms with Gasteiger partial charge in [0, 0.05) is 0 Å². The Morgan fingerprint density at radius 1 is 0.431 bits per heavy atom. The summed E-state index contributed by atoms with van der Waals surface area (Å²) in [7, 11) is 7.39. The second-order valence-electron chi connectivity index (χ2n) is 12.7. The van der Waals surface area contributed by atoms with E-state index >= 15 is 0 Å². The van der Waals surface area contributed by atoms with Crippen LogP contribution in [0.2, 0.25) is 0 Å². The largest absolute Gasteiger partial charge is 0.657 e. The molecule has 0 saturated heterocycles. The molecule has 6 aromatic rings. The van der Waals surface area contributed by atoms with Crippen LogP contribution in [0.25, 0.3) is 10.6 Å². The number of hydrogen-bond donors (Lipinski definition) is 0. The zero-order chi connectivity index (χ0) is 35.1. The van der Waals surface area contributed by atoms with Crippen LogP contribution < -0.4 is 31.8 Å². The van der Waals surface area contributed by atoms with Crippen molar-refractivity contribution in [3.63, 3.8) is 0 Å². The smallest absolute Gasteiger partial charge is 0.103 e. The summed E-state index contributed by atoms with van der Waals surface area (Å²) in [6.07, 6.45) is 4.71. The van der Waals surface area contributed by atoms with Crippen LogP contribution in [-0.4, -0.2) is 12.1 Å². The van der Waals surface area contributed by atoms with Crippen LogP contribution in [0.4, 0.5) is 0 Å². The van der Waals surface area contributed by atoms with Crippen LogP contribution in [0.3, 0.4) is 0 Å². The fraction of sp³-hybridized carbons (Fsp3) is 0.182. The van der Waals surface area contributed by atoms with Crippen LogP contribution in [0, 0.1) is 0 Å². The van der Waals surface area contributed by atoms with E-state index in [1.807, 2.05) is 0 Å². The summed E-state index contributed by atoms with van der Waals surface area (Å²) in [5, 5.41) is 19.5. The Morgan fingerprint density at radius 3 is 1.02 bits per heavy atom. The van der Waals surface area contributed by atoms with Gasteiger partial charge in [0.1, 0.15) is 31.8 Å². The van der Waals surface area contributed by atoms with Gasteiger partial charge in [-0.1, -0.05) is 135 Å². The van der Waals surface area contributed by atoms with Crippen molar-refractivity contribution >= 4 is 67.1 Å². The molecule has 0 N–H and O–H groups in total. The molecule has 0 amide bonds. The van der Waals surface area contributed by atoms with Gasteiger partial charge in [0.05, 0.1) is 15.8 Å². The normalized spacial score (nSPS) is 15.7. The molecule has 0 spiro atoms. The van der Waals surface area contributed by atoms with E-state index < -0.39 is 15.8 Å². The molecule has 0 aromatic heterocycles. The molecule has 1 aliphatic rings. The molecule has 1 aliphatic carbocycles. The number of halogens is 2. The van der Waals surface area contributed by atoms with Gasteiger partial charge in [-0.05, 0) is 71.8 Å². The summed E-state index contributed by atoms with van der Waals surface area (Å²) in [4.78, 5) is 0. The molecule has 1 saturated carbocycles. The average Bonchev–Trinajstić information content (AvgIpc) is 3.20. The van der Waals surface area contributed by atoms with Crippen molar-refractivity contribution in [1.82, 2.24) is 0 Å². The van der Waals surface area contributed by atoms with Gasteiger partial charge in [-0.25, -0.2) is 0 Å². The van der Waals surface area contributed by atoms with E-state index in [2.05, 4.69) is 170 Å². The van der Waals surface area contributed by atoms with Crippen molar-refractivity contribution in [1.29, 1.82) is 0 Å². The number of rotatable bonds is 12. The summed E-state index contributed by atoms with van der Waals surface area (Å²) in [5.41, 5.74) is 2.71. The third-order valence-corrected chi connectivity index (χ3v) is 15.2. The Labute approximate surface area is 322 Å². The third kappa shape index (κ3) is 10.5. The van der Waals surface area contributed by atoms with Crippen LogP contribution in [0.15, 0.2) is 170 Å². The Hall–Kier alpha value is -2.70. The second kappa shape index (κ2) is 20.5. The minimum absolute atomic E-state index is 0.260. The molecule has 0 bridgehead atoms. The van der Waals surface area contributed by atoms with Gasteiger partial charge in [0.25, 0.3) is 0 Å². The molecule has 1 fully saturated rings. The second-order valence-corrected chi connectivity index (χ2v) is 20.2. The van der Waals surface area contributed by atoms with Gasteiger partial charge in [0.15, 0.2) is 0 Å². The zero-order valence-corrected chi connectivity index (χ0v) is 33.8. The molecule has 0 unspecified atom stereocenters. The first kappa shape index (κ1) is 38.0. The average molecular weight is 835 g/mol. The summed E-state index contributed by atoms with van der Waals surface area (Å²) in [6.45, 7) is 1.48. The first-order valence-corrected chi connectivity index (χ1v) is 25.0. The maximum Gasteiger partial charge on any atom is 0.103 e. The quantitative estimate of drug-likeness (QED) is 0.0869. The topological polar surface area (TPSA) is 28.2 Å². The van der Waals surface area contributed by atoms with Crippen molar-refractivity contribution in [2.45, 2.75) is 50.9 Å². The van der Waals surface area contributed by atoms with E-state index in [1.54, 1.807) is 0 Å². The molecule has 51 heavy (non-hydrogen) atoms. The van der Waals surface area contributed by atoms with E-state index in [0.29, 0.717) is 0 Å². The number of benzene rings is 6. The SMILES string of the molecule is [Cl][Ru+2][Cl].c1ccc([PH+](c2ccccc2)c2ccccc2C[N-][C@@H]2CCCC[C@H]2[N-]Cc2ccccc2[PH+](c2ccccc2)c2ccccc2)cc1. The predicted molar refractivity (Wildman–Crippen MR) is 225 cm³/mol. The molecule has 2 atom stereocenters. The number of nitrogens with zero attached hydrogens (tertiary/aromatic N) is 2. The molecule has 7 rings (SSSR count). The summed E-state index contributed by atoms with van der Waals surface area (Å²) in [6, 6.07) is 62.8. The monoisotopic (exact) mass is 834 g/mol. The molecule has 0 heterocycles. The van der Waals surface area contributed by atoms with Gasteiger partial charge in [0.2, 0.25) is 0 Å². The van der Waals surface area contributed by atoms with Gasteiger partial charge >= 0.3 is 34.5 Å². The van der Waals surface area contributed by atoms with Gasteiger partial charge in [-0.3, -0.25) is 0 Å². The molecule has 2 nitrogen and oxygen atoms in total. The van der Waals surface area contributed by atoms with Gasteiger partial charge in [-0.15, -0.1) is 13.1 Å². The van der Waals surface area contributed by atoms with Gasteiger partial charge in [-0.2, -0.15) is 12.1 Å². The summed E-state index contributed by atoms with van der Waals surface area (Å²) in [5.74, 6) is 0. The molecular weight excluding hydrogens is 790 g/mol. The maximum absolute atomic E-state index is 5.46. The Balaban J connectivity index is 0.00000144. The minimum Gasteiger partial charge on any atom is -0.657 e. The van der Waals surface area contributed by atoms with E-state index in [4.69, 9.17) is 30.0 Å². The maximum atomic E-state index is 5.46. The Morgan fingerprint density at radius 2 is 0.706 bits per heavy atom. The molecule has 0 radical (unpaired) electrons. The molecule has 7 heteroatoms. The van der Waals surface area contributed by atoms with E-state index in [9.17, 15) is 0 Å². The van der Waals surface area contributed by atoms with Crippen LogP contribution >= 0.6 is 35.2 Å². The first-order chi connectivity index (χ1) is 25.3. The van der Waals surface area contributed by atoms with Crippen molar-refractivity contribution in [2.24, 2.45) is 0 Å². The van der Waals surface area contributed by atoms with Crippen molar-refractivity contribution in [3.05, 3.63) is 192 Å². The fourth-order valence-corrected chi connectivity index (χ4v) is 12.6. The first-order valence-electron chi connectivity index (χ1n) is 17.6. The van der Waals surface area contributed by atoms with Crippen LogP contribution in [0.1, 0.15) is 36.8 Å².